The minimum Gasteiger partial charge on any atom is -0.443 e. The summed E-state index contributed by atoms with van der Waals surface area (Å²) in [7, 11) is -3.80. The highest BCUT2D eigenvalue weighted by Gasteiger charge is 2.20. The summed E-state index contributed by atoms with van der Waals surface area (Å²) >= 11 is 0. The second-order valence-corrected chi connectivity index (χ2v) is 5.85. The third-order valence-corrected chi connectivity index (χ3v) is 2.46. The molecule has 0 fully saturated rings. The van der Waals surface area contributed by atoms with E-state index in [4.69, 9.17) is 4.74 Å². The van der Waals surface area contributed by atoms with Crippen molar-refractivity contribution in [1.29, 1.82) is 0 Å². The average molecular weight is 252 g/mol. The zero-order valence-electron chi connectivity index (χ0n) is 10.2. The molecule has 0 bridgehead atoms. The minimum atomic E-state index is -3.80. The first kappa shape index (κ1) is 15.2. The molecule has 0 rings (SSSR count). The zero-order chi connectivity index (χ0) is 12.8. The molecule has 0 aliphatic rings. The molecule has 16 heavy (non-hydrogen) atoms. The standard InChI is InChI=1S/C9H20N2O4S/c1-5-6-7-10-16(13,14)11-8(12)15-9(2,3)4/h10H,5-7H2,1-4H3,(H,11,12). The van der Waals surface area contributed by atoms with Gasteiger partial charge in [0.2, 0.25) is 0 Å². The number of ether oxygens (including phenoxy) is 1. The van der Waals surface area contributed by atoms with Crippen LogP contribution in [-0.2, 0) is 14.9 Å². The normalized spacial score (nSPS) is 12.2. The Balaban J connectivity index is 4.11. The predicted molar refractivity (Wildman–Crippen MR) is 61.2 cm³/mol. The van der Waals surface area contributed by atoms with Crippen LogP contribution in [0.2, 0.25) is 0 Å². The largest absolute Gasteiger partial charge is 0.443 e. The molecule has 0 aliphatic heterocycles. The van der Waals surface area contributed by atoms with Gasteiger partial charge in [-0.1, -0.05) is 13.3 Å². The molecule has 0 aromatic heterocycles. The van der Waals surface area contributed by atoms with Gasteiger partial charge in [-0.3, -0.25) is 0 Å². The van der Waals surface area contributed by atoms with Crippen molar-refractivity contribution in [3.8, 4) is 0 Å². The van der Waals surface area contributed by atoms with Crippen LogP contribution in [-0.4, -0.2) is 26.7 Å². The summed E-state index contributed by atoms with van der Waals surface area (Å²) in [5, 5.41) is 0. The molecule has 2 N–H and O–H groups in total. The van der Waals surface area contributed by atoms with Gasteiger partial charge >= 0.3 is 16.3 Å². The number of hydrogen-bond donors (Lipinski definition) is 2. The molecule has 0 saturated heterocycles. The van der Waals surface area contributed by atoms with E-state index >= 15 is 0 Å². The molecule has 0 unspecified atom stereocenters. The van der Waals surface area contributed by atoms with Crippen LogP contribution >= 0.6 is 0 Å². The van der Waals surface area contributed by atoms with Crippen molar-refractivity contribution in [1.82, 2.24) is 9.44 Å². The van der Waals surface area contributed by atoms with E-state index in [-0.39, 0.29) is 0 Å². The van der Waals surface area contributed by atoms with Crippen LogP contribution in [0.4, 0.5) is 4.79 Å². The second-order valence-electron chi connectivity index (χ2n) is 4.36. The molecule has 96 valence electrons. The predicted octanol–water partition coefficient (Wildman–Crippen LogP) is 1.15. The number of carbonyl (C=O) groups excluding carboxylic acids is 1. The summed E-state index contributed by atoms with van der Waals surface area (Å²) in [6.07, 6.45) is 0.612. The SMILES string of the molecule is CCCCNS(=O)(=O)NC(=O)OC(C)(C)C. The van der Waals surface area contributed by atoms with Crippen LogP contribution in [0, 0.1) is 0 Å². The Labute approximate surface area is 96.9 Å². The fourth-order valence-electron chi connectivity index (χ4n) is 0.828. The fourth-order valence-corrected chi connectivity index (χ4v) is 1.57. The van der Waals surface area contributed by atoms with Gasteiger partial charge in [0.15, 0.2) is 0 Å². The third kappa shape index (κ3) is 8.49. The van der Waals surface area contributed by atoms with Crippen LogP contribution < -0.4 is 9.44 Å². The van der Waals surface area contributed by atoms with Gasteiger partial charge in [0.25, 0.3) is 0 Å². The Morgan fingerprint density at radius 2 is 1.88 bits per heavy atom. The van der Waals surface area contributed by atoms with Gasteiger partial charge in [-0.2, -0.15) is 13.1 Å². The van der Waals surface area contributed by atoms with Crippen LogP contribution in [0.15, 0.2) is 0 Å². The Morgan fingerprint density at radius 3 is 2.31 bits per heavy atom. The van der Waals surface area contributed by atoms with Crippen LogP contribution in [0.5, 0.6) is 0 Å². The lowest BCUT2D eigenvalue weighted by Gasteiger charge is -2.19. The number of carbonyl (C=O) groups is 1. The molecule has 0 spiro atoms. The first-order valence-electron chi connectivity index (χ1n) is 5.16. The Kier molecular flexibility index (Phi) is 5.74. The highest BCUT2D eigenvalue weighted by molar-refractivity contribution is 7.88. The second kappa shape index (κ2) is 6.05. The molecule has 0 aliphatic carbocycles. The van der Waals surface area contributed by atoms with E-state index < -0.39 is 21.9 Å². The van der Waals surface area contributed by atoms with Gasteiger partial charge < -0.3 is 4.74 Å². The summed E-state index contributed by atoms with van der Waals surface area (Å²) in [5.41, 5.74) is -0.719. The Morgan fingerprint density at radius 1 is 1.31 bits per heavy atom. The molecular formula is C9H20N2O4S. The first-order valence-corrected chi connectivity index (χ1v) is 6.65. The van der Waals surface area contributed by atoms with Crippen molar-refractivity contribution in [3.63, 3.8) is 0 Å². The average Bonchev–Trinajstić information content (AvgIpc) is 1.98. The lowest BCUT2D eigenvalue weighted by atomic mass is 10.2. The maximum absolute atomic E-state index is 11.3. The molecule has 0 radical (unpaired) electrons. The van der Waals surface area contributed by atoms with E-state index in [2.05, 4.69) is 4.72 Å². The molecule has 0 saturated carbocycles. The maximum atomic E-state index is 11.3. The van der Waals surface area contributed by atoms with E-state index in [0.717, 1.165) is 12.8 Å². The molecular weight excluding hydrogens is 232 g/mol. The summed E-state index contributed by atoms with van der Waals surface area (Å²) in [6, 6.07) is 0. The number of nitrogens with one attached hydrogen (secondary N) is 2. The highest BCUT2D eigenvalue weighted by atomic mass is 32.2. The van der Waals surface area contributed by atoms with Crippen LogP contribution in [0.25, 0.3) is 0 Å². The van der Waals surface area contributed by atoms with Crippen molar-refractivity contribution >= 4 is 16.3 Å². The Hall–Kier alpha value is -0.820. The van der Waals surface area contributed by atoms with Gasteiger partial charge in [0.1, 0.15) is 5.60 Å². The molecule has 0 atom stereocenters. The summed E-state index contributed by atoms with van der Waals surface area (Å²) in [4.78, 5) is 11.2. The van der Waals surface area contributed by atoms with E-state index in [1.807, 2.05) is 6.92 Å². The van der Waals surface area contributed by atoms with Crippen molar-refractivity contribution in [2.24, 2.45) is 0 Å². The minimum absolute atomic E-state index is 0.300. The van der Waals surface area contributed by atoms with Crippen molar-refractivity contribution < 1.29 is 17.9 Å². The van der Waals surface area contributed by atoms with Gasteiger partial charge in [-0.15, -0.1) is 0 Å². The van der Waals surface area contributed by atoms with E-state index in [0.29, 0.717) is 6.54 Å². The highest BCUT2D eigenvalue weighted by Crippen LogP contribution is 2.06. The lowest BCUT2D eigenvalue weighted by Crippen LogP contribution is -2.43. The maximum Gasteiger partial charge on any atom is 0.422 e. The van der Waals surface area contributed by atoms with Gasteiger partial charge in [-0.25, -0.2) is 9.52 Å². The van der Waals surface area contributed by atoms with E-state index in [9.17, 15) is 13.2 Å². The first-order chi connectivity index (χ1) is 7.16. The fraction of sp³-hybridized carbons (Fsp3) is 0.889. The molecule has 0 aromatic rings. The zero-order valence-corrected chi connectivity index (χ0v) is 11.0. The number of unbranched alkanes of at least 4 members (excludes halogenated alkanes) is 1. The topological polar surface area (TPSA) is 84.5 Å². The van der Waals surface area contributed by atoms with E-state index in [1.54, 1.807) is 25.5 Å². The molecule has 6 nitrogen and oxygen atoms in total. The summed E-state index contributed by atoms with van der Waals surface area (Å²) in [6.45, 7) is 7.21. The lowest BCUT2D eigenvalue weighted by molar-refractivity contribution is 0.0569. The van der Waals surface area contributed by atoms with Gasteiger partial charge in [0.05, 0.1) is 0 Å². The Bertz CT molecular complexity index is 319. The summed E-state index contributed by atoms with van der Waals surface area (Å²) in [5.74, 6) is 0. The van der Waals surface area contributed by atoms with E-state index in [1.165, 1.54) is 0 Å². The number of amides is 1. The smallest absolute Gasteiger partial charge is 0.422 e. The molecule has 0 aromatic carbocycles. The van der Waals surface area contributed by atoms with Crippen molar-refractivity contribution in [2.45, 2.75) is 46.1 Å². The third-order valence-electron chi connectivity index (χ3n) is 1.44. The van der Waals surface area contributed by atoms with Crippen molar-refractivity contribution in [2.75, 3.05) is 6.54 Å². The van der Waals surface area contributed by atoms with Gasteiger partial charge in [0, 0.05) is 6.54 Å². The quantitative estimate of drug-likeness (QED) is 0.719. The molecule has 7 heteroatoms. The number of rotatable bonds is 5. The van der Waals surface area contributed by atoms with Crippen molar-refractivity contribution in [3.05, 3.63) is 0 Å². The monoisotopic (exact) mass is 252 g/mol. The van der Waals surface area contributed by atoms with Crippen LogP contribution in [0.3, 0.4) is 0 Å². The summed E-state index contributed by atoms with van der Waals surface area (Å²) < 4.78 is 31.4. The van der Waals surface area contributed by atoms with Crippen LogP contribution in [0.1, 0.15) is 40.5 Å². The molecule has 0 heterocycles. The molecule has 1 amide bonds. The number of hydrogen-bond acceptors (Lipinski definition) is 4. The van der Waals surface area contributed by atoms with Gasteiger partial charge in [-0.05, 0) is 27.2 Å².